The molecule has 1 aliphatic carbocycles. The number of carbonyl (C=O) groups is 3. The summed E-state index contributed by atoms with van der Waals surface area (Å²) in [5, 5.41) is 13.9. The molecule has 170 valence electrons. The van der Waals surface area contributed by atoms with Gasteiger partial charge in [-0.1, -0.05) is 24.2 Å². The quantitative estimate of drug-likeness (QED) is 0.496. The fraction of sp³-hybridized carbons (Fsp3) is 0.400. The average Bonchev–Trinajstić information content (AvgIpc) is 3.48. The number of amides is 3. The van der Waals surface area contributed by atoms with Crippen LogP contribution in [0.2, 0.25) is 0 Å². The number of carbonyl (C=O) groups excluding carboxylic acids is 2. The number of carboxylic acids is 1. The van der Waals surface area contributed by atoms with Crippen LogP contribution in [-0.4, -0.2) is 40.3 Å². The van der Waals surface area contributed by atoms with Crippen LogP contribution in [0.5, 0.6) is 0 Å². The van der Waals surface area contributed by atoms with Crippen LogP contribution in [0.1, 0.15) is 37.4 Å². The zero-order chi connectivity index (χ0) is 22.8. The van der Waals surface area contributed by atoms with Crippen molar-refractivity contribution in [3.8, 4) is 0 Å². The molecule has 1 aromatic heterocycles. The Bertz CT molecular complexity index is 1060. The number of hydrogen-bond donors (Lipinski definition) is 3. The third kappa shape index (κ3) is 4.70. The van der Waals surface area contributed by atoms with Crippen LogP contribution in [0.4, 0.5) is 30.1 Å². The summed E-state index contributed by atoms with van der Waals surface area (Å²) in [6.45, 7) is 0.289. The van der Waals surface area contributed by atoms with Gasteiger partial charge in [-0.25, -0.2) is 18.6 Å². The number of thioether (sulfide) groups is 1. The molecule has 1 aliphatic heterocycles. The lowest BCUT2D eigenvalue weighted by Gasteiger charge is -2.27. The molecule has 1 fully saturated rings. The van der Waals surface area contributed by atoms with E-state index in [0.717, 1.165) is 54.8 Å². The van der Waals surface area contributed by atoms with Gasteiger partial charge in [0.15, 0.2) is 5.13 Å². The van der Waals surface area contributed by atoms with Crippen molar-refractivity contribution in [3.05, 3.63) is 29.7 Å². The van der Waals surface area contributed by atoms with Gasteiger partial charge in [0.05, 0.1) is 27.5 Å². The number of alkyl halides is 1. The molecule has 2 heterocycles. The number of aromatic nitrogens is 1. The fourth-order valence-electron chi connectivity index (χ4n) is 3.94. The summed E-state index contributed by atoms with van der Waals surface area (Å²) in [6, 6.07) is 1.83. The molecule has 1 unspecified atom stereocenters. The maximum Gasteiger partial charge on any atom is 0.328 e. The number of rotatable bonds is 7. The monoisotopic (exact) mass is 482 g/mol. The van der Waals surface area contributed by atoms with Crippen molar-refractivity contribution in [2.45, 2.75) is 36.1 Å². The van der Waals surface area contributed by atoms with Crippen LogP contribution in [0.25, 0.3) is 0 Å². The van der Waals surface area contributed by atoms with E-state index in [4.69, 9.17) is 5.11 Å². The maximum atomic E-state index is 14.7. The van der Waals surface area contributed by atoms with Gasteiger partial charge in [-0.2, -0.15) is 0 Å². The number of halogens is 2. The number of hydrogen-bond acceptors (Lipinski definition) is 6. The summed E-state index contributed by atoms with van der Waals surface area (Å²) >= 11 is 2.20. The van der Waals surface area contributed by atoms with E-state index in [0.29, 0.717) is 4.21 Å². The first-order chi connectivity index (χ1) is 15.3. The van der Waals surface area contributed by atoms with Crippen molar-refractivity contribution < 1.29 is 28.3 Å². The van der Waals surface area contributed by atoms with Gasteiger partial charge in [-0.15, -0.1) is 11.8 Å². The van der Waals surface area contributed by atoms with Gasteiger partial charge in [-0.05, 0) is 30.9 Å². The Morgan fingerprint density at radius 2 is 2.09 bits per heavy atom. The van der Waals surface area contributed by atoms with E-state index >= 15 is 0 Å². The van der Waals surface area contributed by atoms with Gasteiger partial charge in [0.2, 0.25) is 6.17 Å². The minimum absolute atomic E-state index is 0.133. The van der Waals surface area contributed by atoms with E-state index in [2.05, 4.69) is 15.6 Å². The number of thiazole rings is 1. The second kappa shape index (κ2) is 9.41. The Balaban J connectivity index is 1.61. The molecule has 1 atom stereocenters. The smallest absolute Gasteiger partial charge is 0.328 e. The first-order valence-electron chi connectivity index (χ1n) is 9.99. The Labute approximate surface area is 190 Å². The average molecular weight is 483 g/mol. The largest absolute Gasteiger partial charge is 0.481 e. The summed E-state index contributed by atoms with van der Waals surface area (Å²) in [6.07, 6.45) is 3.28. The maximum absolute atomic E-state index is 14.7. The number of carboxylic acid groups (broad SMARTS) is 1. The highest BCUT2D eigenvalue weighted by Crippen LogP contribution is 2.43. The highest BCUT2D eigenvalue weighted by atomic mass is 32.2. The SMILES string of the molecule is O=C(O)CSc1cnc(NC(=O)N(CC2CCCC2)c2ccc(F)c3c2C(F)C(=O)N3)s1. The van der Waals surface area contributed by atoms with Crippen molar-refractivity contribution in [3.63, 3.8) is 0 Å². The van der Waals surface area contributed by atoms with E-state index in [1.165, 1.54) is 17.2 Å². The van der Waals surface area contributed by atoms with E-state index < -0.39 is 29.9 Å². The molecule has 4 rings (SSSR count). The highest BCUT2D eigenvalue weighted by Gasteiger charge is 2.38. The van der Waals surface area contributed by atoms with Gasteiger partial charge in [-0.3, -0.25) is 19.8 Å². The minimum atomic E-state index is -2.08. The lowest BCUT2D eigenvalue weighted by atomic mass is 10.0. The second-order valence-corrected chi connectivity index (χ2v) is 9.87. The van der Waals surface area contributed by atoms with Gasteiger partial charge >= 0.3 is 12.0 Å². The Kier molecular flexibility index (Phi) is 6.60. The zero-order valence-corrected chi connectivity index (χ0v) is 18.4. The molecule has 12 heteroatoms. The second-order valence-electron chi connectivity index (χ2n) is 7.57. The molecule has 2 aliphatic rings. The van der Waals surface area contributed by atoms with E-state index in [1.54, 1.807) is 0 Å². The van der Waals surface area contributed by atoms with Crippen molar-refractivity contribution in [2.75, 3.05) is 27.8 Å². The molecule has 32 heavy (non-hydrogen) atoms. The van der Waals surface area contributed by atoms with Gasteiger partial charge in [0, 0.05) is 12.1 Å². The minimum Gasteiger partial charge on any atom is -0.481 e. The summed E-state index contributed by atoms with van der Waals surface area (Å²) in [7, 11) is 0. The van der Waals surface area contributed by atoms with Gasteiger partial charge in [0.1, 0.15) is 5.82 Å². The Hall–Kier alpha value is -2.73. The summed E-state index contributed by atoms with van der Waals surface area (Å²) in [5.41, 5.74) is -0.292. The fourth-order valence-corrected chi connectivity index (χ4v) is 5.52. The van der Waals surface area contributed by atoms with Crippen LogP contribution in [0.3, 0.4) is 0 Å². The highest BCUT2D eigenvalue weighted by molar-refractivity contribution is 8.01. The lowest BCUT2D eigenvalue weighted by Crippen LogP contribution is -2.39. The topological polar surface area (TPSA) is 112 Å². The number of anilines is 3. The van der Waals surface area contributed by atoms with E-state index in [1.807, 2.05) is 0 Å². The molecule has 0 spiro atoms. The van der Waals surface area contributed by atoms with E-state index in [9.17, 15) is 23.2 Å². The first kappa shape index (κ1) is 22.5. The normalized spacial score (nSPS) is 17.8. The van der Waals surface area contributed by atoms with E-state index in [-0.39, 0.29) is 40.3 Å². The predicted octanol–water partition coefficient (Wildman–Crippen LogP) is 4.65. The van der Waals surface area contributed by atoms with Crippen molar-refractivity contribution in [2.24, 2.45) is 5.92 Å². The number of aliphatic carboxylic acids is 1. The standard InChI is InChI=1S/C20H20F2N4O4S2/c21-11-5-6-12(15-16(22)18(29)24-17(11)15)26(8-10-3-1-2-4-10)20(30)25-19-23-7-14(32-19)31-9-13(27)28/h5-7,10,16H,1-4,8-9H2,(H,24,29)(H,27,28)(H,23,25,30). The lowest BCUT2D eigenvalue weighted by molar-refractivity contribution is -0.133. The number of fused-ring (bicyclic) bond motifs is 1. The molecule has 3 amide bonds. The number of nitrogens with zero attached hydrogens (tertiary/aromatic N) is 2. The van der Waals surface area contributed by atoms with Crippen molar-refractivity contribution >= 4 is 57.5 Å². The molecule has 0 bridgehead atoms. The Morgan fingerprint density at radius 1 is 1.34 bits per heavy atom. The summed E-state index contributed by atoms with van der Waals surface area (Å²) < 4.78 is 29.5. The molecule has 1 saturated carbocycles. The van der Waals surface area contributed by atoms with Crippen LogP contribution >= 0.6 is 23.1 Å². The van der Waals surface area contributed by atoms with Crippen molar-refractivity contribution in [1.29, 1.82) is 0 Å². The van der Waals surface area contributed by atoms with Crippen molar-refractivity contribution in [1.82, 2.24) is 4.98 Å². The molecule has 3 N–H and O–H groups in total. The first-order valence-corrected chi connectivity index (χ1v) is 11.8. The summed E-state index contributed by atoms with van der Waals surface area (Å²) in [5.74, 6) is -2.64. The van der Waals surface area contributed by atoms with Crippen LogP contribution < -0.4 is 15.5 Å². The van der Waals surface area contributed by atoms with Crippen LogP contribution in [-0.2, 0) is 9.59 Å². The van der Waals surface area contributed by atoms with Crippen LogP contribution in [0, 0.1) is 11.7 Å². The number of urea groups is 1. The number of nitrogens with one attached hydrogen (secondary N) is 2. The zero-order valence-electron chi connectivity index (χ0n) is 16.8. The number of benzene rings is 1. The van der Waals surface area contributed by atoms with Gasteiger partial charge < -0.3 is 10.4 Å². The van der Waals surface area contributed by atoms with Crippen LogP contribution in [0.15, 0.2) is 22.5 Å². The molecule has 1 aromatic carbocycles. The predicted molar refractivity (Wildman–Crippen MR) is 118 cm³/mol. The molecule has 8 nitrogen and oxygen atoms in total. The summed E-state index contributed by atoms with van der Waals surface area (Å²) in [4.78, 5) is 41.2. The third-order valence-corrected chi connectivity index (χ3v) is 7.48. The van der Waals surface area contributed by atoms with Gasteiger partial charge in [0.25, 0.3) is 5.91 Å². The molecule has 2 aromatic rings. The molecule has 0 radical (unpaired) electrons. The molecular weight excluding hydrogens is 462 g/mol. The Morgan fingerprint density at radius 3 is 2.81 bits per heavy atom. The molecule has 0 saturated heterocycles. The third-order valence-electron chi connectivity index (χ3n) is 5.39. The molecular formula is C20H20F2N4O4S2.